The summed E-state index contributed by atoms with van der Waals surface area (Å²) in [4.78, 5) is 12.4. The van der Waals surface area contributed by atoms with E-state index in [0.29, 0.717) is 17.1 Å². The summed E-state index contributed by atoms with van der Waals surface area (Å²) in [5, 5.41) is 2.69. The van der Waals surface area contributed by atoms with E-state index in [0.717, 1.165) is 9.87 Å². The predicted octanol–water partition coefficient (Wildman–Crippen LogP) is 2.67. The molecule has 7 nitrogen and oxygen atoms in total. The van der Waals surface area contributed by atoms with Gasteiger partial charge >= 0.3 is 0 Å². The summed E-state index contributed by atoms with van der Waals surface area (Å²) in [5.41, 5.74) is 1.46. The lowest BCUT2D eigenvalue weighted by Crippen LogP contribution is -2.30. The summed E-state index contributed by atoms with van der Waals surface area (Å²) in [6, 6.07) is 12.0. The van der Waals surface area contributed by atoms with Gasteiger partial charge in [0, 0.05) is 20.6 Å². The number of amides is 1. The van der Waals surface area contributed by atoms with Crippen molar-refractivity contribution in [2.75, 3.05) is 27.8 Å². The molecule has 0 saturated carbocycles. The number of ether oxygens (including phenoxy) is 2. The second kappa shape index (κ2) is 10.1. The Morgan fingerprint density at radius 3 is 2.52 bits per heavy atom. The van der Waals surface area contributed by atoms with Gasteiger partial charge in [0.2, 0.25) is 10.0 Å². The van der Waals surface area contributed by atoms with Crippen LogP contribution >= 0.6 is 0 Å². The third-order valence-corrected chi connectivity index (χ3v) is 6.03. The van der Waals surface area contributed by atoms with Gasteiger partial charge in [0.1, 0.15) is 0 Å². The molecular formula is C21H26N2O5S. The van der Waals surface area contributed by atoms with Gasteiger partial charge in [0.25, 0.3) is 5.91 Å². The second-order valence-corrected chi connectivity index (χ2v) is 8.49. The number of hydrogen-bond donors (Lipinski definition) is 1. The average molecular weight is 419 g/mol. The zero-order valence-corrected chi connectivity index (χ0v) is 17.8. The monoisotopic (exact) mass is 418 g/mol. The van der Waals surface area contributed by atoms with Crippen molar-refractivity contribution >= 4 is 22.0 Å². The summed E-state index contributed by atoms with van der Waals surface area (Å²) in [6.45, 7) is 1.77. The minimum Gasteiger partial charge on any atom is -0.493 e. The van der Waals surface area contributed by atoms with E-state index in [1.165, 1.54) is 27.3 Å². The molecule has 0 aliphatic heterocycles. The van der Waals surface area contributed by atoms with Gasteiger partial charge < -0.3 is 14.8 Å². The van der Waals surface area contributed by atoms with Gasteiger partial charge in [-0.15, -0.1) is 0 Å². The van der Waals surface area contributed by atoms with Crippen LogP contribution in [-0.4, -0.2) is 46.4 Å². The zero-order valence-electron chi connectivity index (χ0n) is 17.0. The van der Waals surface area contributed by atoms with E-state index >= 15 is 0 Å². The van der Waals surface area contributed by atoms with E-state index in [-0.39, 0.29) is 24.0 Å². The number of methoxy groups -OCH3 is 1. The number of carbonyl (C=O) groups is 1. The number of carbonyl (C=O) groups excluding carboxylic acids is 1. The Kier molecular flexibility index (Phi) is 7.81. The molecule has 1 amide bonds. The summed E-state index contributed by atoms with van der Waals surface area (Å²) >= 11 is 0. The predicted molar refractivity (Wildman–Crippen MR) is 112 cm³/mol. The van der Waals surface area contributed by atoms with Crippen molar-refractivity contribution in [3.8, 4) is 11.5 Å². The van der Waals surface area contributed by atoms with Gasteiger partial charge in [-0.1, -0.05) is 36.4 Å². The first kappa shape index (κ1) is 22.4. The lowest BCUT2D eigenvalue weighted by atomic mass is 10.2. The van der Waals surface area contributed by atoms with Gasteiger partial charge in [-0.2, -0.15) is 0 Å². The lowest BCUT2D eigenvalue weighted by Gasteiger charge is -2.16. The van der Waals surface area contributed by atoms with Crippen molar-refractivity contribution in [1.29, 1.82) is 0 Å². The summed E-state index contributed by atoms with van der Waals surface area (Å²) < 4.78 is 36.9. The first-order valence-electron chi connectivity index (χ1n) is 9.00. The molecule has 2 aromatic rings. The average Bonchev–Trinajstić information content (AvgIpc) is 2.71. The molecule has 2 rings (SSSR count). The first-order valence-corrected chi connectivity index (χ1v) is 10.4. The maximum atomic E-state index is 12.4. The third-order valence-electron chi connectivity index (χ3n) is 4.11. The Labute approximate surface area is 172 Å². The zero-order chi connectivity index (χ0) is 21.4. The van der Waals surface area contributed by atoms with E-state index in [2.05, 4.69) is 5.32 Å². The van der Waals surface area contributed by atoms with Crippen molar-refractivity contribution in [3.05, 3.63) is 59.7 Å². The fourth-order valence-corrected chi connectivity index (χ4v) is 3.70. The lowest BCUT2D eigenvalue weighted by molar-refractivity contribution is -0.123. The molecule has 0 spiro atoms. The highest BCUT2D eigenvalue weighted by atomic mass is 32.2. The largest absolute Gasteiger partial charge is 0.493 e. The number of sulfonamides is 1. The van der Waals surface area contributed by atoms with Crippen LogP contribution in [0.15, 0.2) is 53.4 Å². The highest BCUT2D eigenvalue weighted by Crippen LogP contribution is 2.28. The molecule has 0 radical (unpaired) electrons. The highest BCUT2D eigenvalue weighted by Gasteiger charge is 2.20. The molecule has 0 aromatic heterocycles. The minimum atomic E-state index is -3.60. The fraction of sp³-hybridized carbons (Fsp3) is 0.286. The summed E-state index contributed by atoms with van der Waals surface area (Å²) in [5.74, 6) is 0.601. The molecule has 0 aliphatic carbocycles. The summed E-state index contributed by atoms with van der Waals surface area (Å²) in [6.07, 6.45) is 3.84. The molecular weight excluding hydrogens is 392 g/mol. The van der Waals surface area contributed by atoms with E-state index in [9.17, 15) is 13.2 Å². The first-order chi connectivity index (χ1) is 13.8. The SMILES string of the molecule is CC=Cc1ccc(OCC(=O)NCc2ccccc2S(=O)(=O)N(C)C)c(OC)c1. The topological polar surface area (TPSA) is 84.9 Å². The van der Waals surface area contributed by atoms with Crippen LogP contribution in [0, 0.1) is 0 Å². The number of hydrogen-bond acceptors (Lipinski definition) is 5. The molecule has 29 heavy (non-hydrogen) atoms. The quantitative estimate of drug-likeness (QED) is 0.677. The van der Waals surface area contributed by atoms with Crippen molar-refractivity contribution < 1.29 is 22.7 Å². The molecule has 1 N–H and O–H groups in total. The Morgan fingerprint density at radius 1 is 1.14 bits per heavy atom. The Hall–Kier alpha value is -2.84. The van der Waals surface area contributed by atoms with Gasteiger partial charge in [0.05, 0.1) is 12.0 Å². The van der Waals surface area contributed by atoms with Gasteiger partial charge in [0.15, 0.2) is 18.1 Å². The van der Waals surface area contributed by atoms with E-state index < -0.39 is 10.0 Å². The van der Waals surface area contributed by atoms with Crippen LogP contribution in [0.4, 0.5) is 0 Å². The Bertz CT molecular complexity index is 984. The van der Waals surface area contributed by atoms with Crippen molar-refractivity contribution in [1.82, 2.24) is 9.62 Å². The van der Waals surface area contributed by atoms with Crippen molar-refractivity contribution in [3.63, 3.8) is 0 Å². The molecule has 0 saturated heterocycles. The molecule has 156 valence electrons. The highest BCUT2D eigenvalue weighted by molar-refractivity contribution is 7.89. The summed E-state index contributed by atoms with van der Waals surface area (Å²) in [7, 11) is 0.863. The van der Waals surface area contributed by atoms with Crippen molar-refractivity contribution in [2.45, 2.75) is 18.4 Å². The maximum Gasteiger partial charge on any atom is 0.258 e. The van der Waals surface area contributed by atoms with Crippen LogP contribution < -0.4 is 14.8 Å². The fourth-order valence-electron chi connectivity index (χ4n) is 2.59. The third kappa shape index (κ3) is 5.82. The Balaban J connectivity index is 2.02. The van der Waals surface area contributed by atoms with E-state index in [1.54, 1.807) is 24.3 Å². The molecule has 0 heterocycles. The molecule has 2 aromatic carbocycles. The van der Waals surface area contributed by atoms with E-state index in [4.69, 9.17) is 9.47 Å². The molecule has 0 fully saturated rings. The van der Waals surface area contributed by atoms with Gasteiger partial charge in [-0.05, 0) is 36.2 Å². The van der Waals surface area contributed by atoms with Crippen LogP contribution in [0.5, 0.6) is 11.5 Å². The van der Waals surface area contributed by atoms with Gasteiger partial charge in [-0.25, -0.2) is 12.7 Å². The smallest absolute Gasteiger partial charge is 0.258 e. The molecule has 0 aliphatic rings. The van der Waals surface area contributed by atoms with Crippen molar-refractivity contribution in [2.24, 2.45) is 0 Å². The number of nitrogens with one attached hydrogen (secondary N) is 1. The van der Waals surface area contributed by atoms with Crippen LogP contribution in [0.1, 0.15) is 18.1 Å². The second-order valence-electron chi connectivity index (χ2n) is 6.37. The van der Waals surface area contributed by atoms with Crippen LogP contribution in [0.25, 0.3) is 6.08 Å². The van der Waals surface area contributed by atoms with Gasteiger partial charge in [-0.3, -0.25) is 4.79 Å². The normalized spacial score (nSPS) is 11.6. The number of rotatable bonds is 9. The molecule has 0 atom stereocenters. The number of benzene rings is 2. The van der Waals surface area contributed by atoms with Crippen LogP contribution in [-0.2, 0) is 21.4 Å². The Morgan fingerprint density at radius 2 is 1.86 bits per heavy atom. The molecule has 8 heteroatoms. The number of allylic oxidation sites excluding steroid dienone is 1. The number of nitrogens with zero attached hydrogens (tertiary/aromatic N) is 1. The van der Waals surface area contributed by atoms with Crippen LogP contribution in [0.2, 0.25) is 0 Å². The molecule has 0 unspecified atom stereocenters. The molecule has 0 bridgehead atoms. The van der Waals surface area contributed by atoms with Crippen LogP contribution in [0.3, 0.4) is 0 Å². The standard InChI is InChI=1S/C21H26N2O5S/c1-5-8-16-11-12-18(19(13-16)27-4)28-15-21(24)22-14-17-9-6-7-10-20(17)29(25,26)23(2)3/h5-13H,14-15H2,1-4H3,(H,22,24). The minimum absolute atomic E-state index is 0.0722. The maximum absolute atomic E-state index is 12.4. The van der Waals surface area contributed by atoms with E-state index in [1.807, 2.05) is 31.2 Å².